The van der Waals surface area contributed by atoms with Gasteiger partial charge in [-0.05, 0) is 46.2 Å². The van der Waals surface area contributed by atoms with Crippen LogP contribution in [-0.4, -0.2) is 19.1 Å². The van der Waals surface area contributed by atoms with Crippen molar-refractivity contribution in [2.45, 2.75) is 0 Å². The van der Waals surface area contributed by atoms with E-state index in [0.717, 1.165) is 11.0 Å². The van der Waals surface area contributed by atoms with E-state index in [-0.39, 0.29) is 0 Å². The van der Waals surface area contributed by atoms with Crippen LogP contribution in [0.1, 0.15) is 11.1 Å². The van der Waals surface area contributed by atoms with Gasteiger partial charge in [-0.3, -0.25) is 0 Å². The summed E-state index contributed by atoms with van der Waals surface area (Å²) in [6.07, 6.45) is 4.44. The Morgan fingerprint density at radius 3 is 2.17 bits per heavy atom. The molecule has 0 saturated heterocycles. The van der Waals surface area contributed by atoms with E-state index < -0.39 is 0 Å². The summed E-state index contributed by atoms with van der Waals surface area (Å²) in [6, 6.07) is 29.9. The molecule has 0 saturated carbocycles. The number of hydrogen-bond acceptors (Lipinski definition) is 2. The first-order chi connectivity index (χ1) is 14.2. The highest BCUT2D eigenvalue weighted by Gasteiger charge is 2.10. The molecule has 5 aromatic rings. The molecule has 0 aliphatic rings. The van der Waals surface area contributed by atoms with Crippen LogP contribution in [0.3, 0.4) is 0 Å². The second-order valence-electron chi connectivity index (χ2n) is 7.54. The summed E-state index contributed by atoms with van der Waals surface area (Å²) in [5.74, 6) is 0. The molecular formula is C27H22N2. The number of fused-ring (bicyclic) bond motifs is 4. The van der Waals surface area contributed by atoms with Gasteiger partial charge in [0.15, 0.2) is 0 Å². The summed E-state index contributed by atoms with van der Waals surface area (Å²) >= 11 is 0. The van der Waals surface area contributed by atoms with Crippen molar-refractivity contribution in [1.82, 2.24) is 4.98 Å². The van der Waals surface area contributed by atoms with E-state index >= 15 is 0 Å². The largest absolute Gasteiger partial charge is 0.378 e. The third kappa shape index (κ3) is 3.13. The summed E-state index contributed by atoms with van der Waals surface area (Å²) in [7, 11) is 4.12. The van der Waals surface area contributed by atoms with Gasteiger partial charge < -0.3 is 4.90 Å². The van der Waals surface area contributed by atoms with Crippen molar-refractivity contribution >= 4 is 50.4 Å². The predicted molar refractivity (Wildman–Crippen MR) is 126 cm³/mol. The molecule has 2 nitrogen and oxygen atoms in total. The van der Waals surface area contributed by atoms with Crippen LogP contribution in [0.4, 0.5) is 5.69 Å². The van der Waals surface area contributed by atoms with E-state index in [0.29, 0.717) is 0 Å². The molecule has 0 fully saturated rings. The minimum Gasteiger partial charge on any atom is -0.378 e. The summed E-state index contributed by atoms with van der Waals surface area (Å²) < 4.78 is 0. The van der Waals surface area contributed by atoms with Gasteiger partial charge in [-0.25, -0.2) is 4.98 Å². The molecule has 2 heteroatoms. The Morgan fingerprint density at radius 1 is 0.655 bits per heavy atom. The Kier molecular flexibility index (Phi) is 4.25. The number of benzene rings is 4. The lowest BCUT2D eigenvalue weighted by atomic mass is 9.96. The van der Waals surface area contributed by atoms with Crippen LogP contribution in [0.5, 0.6) is 0 Å². The number of anilines is 1. The lowest BCUT2D eigenvalue weighted by molar-refractivity contribution is 1.13. The average Bonchev–Trinajstić information content (AvgIpc) is 2.76. The van der Waals surface area contributed by atoms with E-state index in [9.17, 15) is 0 Å². The number of hydrogen-bond donors (Lipinski definition) is 0. The maximum Gasteiger partial charge on any atom is 0.0722 e. The molecule has 0 N–H and O–H groups in total. The van der Waals surface area contributed by atoms with E-state index in [4.69, 9.17) is 4.98 Å². The fourth-order valence-electron chi connectivity index (χ4n) is 3.94. The van der Waals surface area contributed by atoms with Crippen molar-refractivity contribution in [3.05, 3.63) is 96.1 Å². The van der Waals surface area contributed by atoms with Gasteiger partial charge in [-0.2, -0.15) is 0 Å². The molecule has 1 aromatic heterocycles. The molecule has 0 atom stereocenters. The smallest absolute Gasteiger partial charge is 0.0722 e. The maximum absolute atomic E-state index is 4.94. The van der Waals surface area contributed by atoms with Crippen LogP contribution < -0.4 is 4.90 Å². The third-order valence-corrected chi connectivity index (χ3v) is 5.46. The van der Waals surface area contributed by atoms with Gasteiger partial charge in [0.25, 0.3) is 0 Å². The van der Waals surface area contributed by atoms with Crippen molar-refractivity contribution in [3.63, 3.8) is 0 Å². The average molecular weight is 374 g/mol. The minimum atomic E-state index is 1.03. The van der Waals surface area contributed by atoms with Crippen LogP contribution >= 0.6 is 0 Å². The number of aromatic nitrogens is 1. The molecule has 0 bridgehead atoms. The Labute approximate surface area is 170 Å². The summed E-state index contributed by atoms with van der Waals surface area (Å²) in [6.45, 7) is 0. The van der Waals surface area contributed by atoms with E-state index in [2.05, 4.69) is 116 Å². The van der Waals surface area contributed by atoms with Crippen molar-refractivity contribution in [1.29, 1.82) is 0 Å². The van der Waals surface area contributed by atoms with Gasteiger partial charge in [0.05, 0.1) is 11.0 Å². The summed E-state index contributed by atoms with van der Waals surface area (Å²) in [5.41, 5.74) is 5.67. The molecular weight excluding hydrogens is 352 g/mol. The molecule has 1 heterocycles. The molecule has 5 rings (SSSR count). The first-order valence-electron chi connectivity index (χ1n) is 9.86. The highest BCUT2D eigenvalue weighted by molar-refractivity contribution is 6.15. The monoisotopic (exact) mass is 374 g/mol. The molecule has 140 valence electrons. The SMILES string of the molecule is CN(C)c1ccc(/C=C/c2c3ccccc3nc3ccc4ccccc4c23)cc1. The molecule has 0 spiro atoms. The first kappa shape index (κ1) is 17.4. The molecule has 4 aromatic carbocycles. The normalized spacial score (nSPS) is 11.7. The number of nitrogens with zero attached hydrogens (tertiary/aromatic N) is 2. The molecule has 0 radical (unpaired) electrons. The molecule has 29 heavy (non-hydrogen) atoms. The summed E-state index contributed by atoms with van der Waals surface area (Å²) in [5, 5.41) is 4.87. The predicted octanol–water partition coefficient (Wildman–Crippen LogP) is 6.78. The zero-order chi connectivity index (χ0) is 19.8. The molecule has 0 aliphatic heterocycles. The highest BCUT2D eigenvalue weighted by Crippen LogP contribution is 2.33. The van der Waals surface area contributed by atoms with Gasteiger partial charge in [-0.15, -0.1) is 0 Å². The van der Waals surface area contributed by atoms with Crippen LogP contribution in [0.2, 0.25) is 0 Å². The van der Waals surface area contributed by atoms with Crippen molar-refractivity contribution in [2.75, 3.05) is 19.0 Å². The second-order valence-corrected chi connectivity index (χ2v) is 7.54. The van der Waals surface area contributed by atoms with Crippen molar-refractivity contribution in [3.8, 4) is 0 Å². The van der Waals surface area contributed by atoms with Gasteiger partial charge in [0, 0.05) is 30.6 Å². The van der Waals surface area contributed by atoms with E-state index in [1.54, 1.807) is 0 Å². The van der Waals surface area contributed by atoms with Gasteiger partial charge in [-0.1, -0.05) is 72.8 Å². The zero-order valence-corrected chi connectivity index (χ0v) is 16.6. The minimum absolute atomic E-state index is 1.03. The lowest BCUT2D eigenvalue weighted by Gasteiger charge is -2.12. The third-order valence-electron chi connectivity index (χ3n) is 5.46. The second kappa shape index (κ2) is 7.06. The number of rotatable bonds is 3. The standard InChI is InChI=1S/C27H22N2/c1-29(2)21-15-11-19(12-16-21)13-17-24-23-9-5-6-10-25(23)28-26-18-14-20-7-3-4-8-22(20)27(24)26/h3-18H,1-2H3/b17-13+. The lowest BCUT2D eigenvalue weighted by Crippen LogP contribution is -2.07. The van der Waals surface area contributed by atoms with Crippen LogP contribution in [-0.2, 0) is 0 Å². The van der Waals surface area contributed by atoms with Crippen molar-refractivity contribution < 1.29 is 0 Å². The Bertz CT molecular complexity index is 1360. The Balaban J connectivity index is 1.76. The quantitative estimate of drug-likeness (QED) is 0.256. The van der Waals surface area contributed by atoms with E-state index in [1.807, 2.05) is 0 Å². The summed E-state index contributed by atoms with van der Waals surface area (Å²) in [4.78, 5) is 7.05. The Hall–Kier alpha value is -3.65. The van der Waals surface area contributed by atoms with Crippen molar-refractivity contribution in [2.24, 2.45) is 0 Å². The van der Waals surface area contributed by atoms with E-state index in [1.165, 1.54) is 38.4 Å². The molecule has 0 aliphatic carbocycles. The topological polar surface area (TPSA) is 16.1 Å². The van der Waals surface area contributed by atoms with Crippen LogP contribution in [0.25, 0.3) is 44.7 Å². The van der Waals surface area contributed by atoms with Gasteiger partial charge in [0.1, 0.15) is 0 Å². The van der Waals surface area contributed by atoms with Crippen LogP contribution in [0.15, 0.2) is 84.9 Å². The number of para-hydroxylation sites is 1. The molecule has 0 unspecified atom stereocenters. The fraction of sp³-hybridized carbons (Fsp3) is 0.0741. The van der Waals surface area contributed by atoms with Gasteiger partial charge >= 0.3 is 0 Å². The number of pyridine rings is 1. The van der Waals surface area contributed by atoms with Crippen LogP contribution in [0, 0.1) is 0 Å². The Morgan fingerprint density at radius 2 is 1.38 bits per heavy atom. The maximum atomic E-state index is 4.94. The molecule has 0 amide bonds. The zero-order valence-electron chi connectivity index (χ0n) is 16.6. The highest BCUT2D eigenvalue weighted by atomic mass is 15.1. The first-order valence-corrected chi connectivity index (χ1v) is 9.86. The van der Waals surface area contributed by atoms with Gasteiger partial charge in [0.2, 0.25) is 0 Å². The fourth-order valence-corrected chi connectivity index (χ4v) is 3.94.